The lowest BCUT2D eigenvalue weighted by atomic mass is 9.99. The predicted molar refractivity (Wildman–Crippen MR) is 116 cm³/mol. The van der Waals surface area contributed by atoms with Crippen LogP contribution in [0.3, 0.4) is 0 Å². The highest BCUT2D eigenvalue weighted by atomic mass is 35.5. The average Bonchev–Trinajstić information content (AvgIpc) is 2.89. The molecule has 2 heterocycles. The fraction of sp³-hybridized carbons (Fsp3) is 0.238. The Hall–Kier alpha value is -2.57. The number of rotatable bonds is 6. The Labute approximate surface area is 173 Å². The fourth-order valence-corrected chi connectivity index (χ4v) is 4.34. The first kappa shape index (κ1) is 20.2. The van der Waals surface area contributed by atoms with Crippen molar-refractivity contribution in [1.29, 1.82) is 0 Å². The van der Waals surface area contributed by atoms with Gasteiger partial charge >= 0.3 is 0 Å². The number of nitrogens with zero attached hydrogens (tertiary/aromatic N) is 1. The third-order valence-corrected chi connectivity index (χ3v) is 5.75. The zero-order valence-corrected chi connectivity index (χ0v) is 17.4. The van der Waals surface area contributed by atoms with E-state index in [2.05, 4.69) is 6.92 Å². The molecule has 28 heavy (non-hydrogen) atoms. The molecule has 5 nitrogen and oxygen atoms in total. The molecule has 146 valence electrons. The summed E-state index contributed by atoms with van der Waals surface area (Å²) < 4.78 is 5.92. The quantitative estimate of drug-likeness (QED) is 0.670. The molecule has 4 N–H and O–H groups in total. The van der Waals surface area contributed by atoms with E-state index in [4.69, 9.17) is 32.8 Å². The van der Waals surface area contributed by atoms with Gasteiger partial charge in [0.25, 0.3) is 5.91 Å². The average molecular weight is 416 g/mol. The first-order chi connectivity index (χ1) is 13.4. The van der Waals surface area contributed by atoms with E-state index in [1.807, 2.05) is 37.3 Å². The van der Waals surface area contributed by atoms with Crippen LogP contribution in [0, 0.1) is 0 Å². The second-order valence-electron chi connectivity index (χ2n) is 6.43. The summed E-state index contributed by atoms with van der Waals surface area (Å²) in [5, 5.41) is 0.587. The van der Waals surface area contributed by atoms with Gasteiger partial charge in [-0.15, -0.1) is 11.3 Å². The van der Waals surface area contributed by atoms with Crippen molar-refractivity contribution in [2.45, 2.75) is 26.7 Å². The second kappa shape index (κ2) is 8.63. The zero-order valence-electron chi connectivity index (χ0n) is 15.8. The maximum atomic E-state index is 11.8. The highest BCUT2D eigenvalue weighted by molar-refractivity contribution is 7.15. The lowest BCUT2D eigenvalue weighted by Crippen LogP contribution is -2.13. The number of primary amides is 1. The monoisotopic (exact) mass is 415 g/mol. The summed E-state index contributed by atoms with van der Waals surface area (Å²) in [4.78, 5) is 17.9. The van der Waals surface area contributed by atoms with E-state index in [9.17, 15) is 4.79 Å². The summed E-state index contributed by atoms with van der Waals surface area (Å²) in [6.45, 7) is 4.47. The van der Waals surface area contributed by atoms with Gasteiger partial charge in [0.05, 0.1) is 11.4 Å². The summed E-state index contributed by atoms with van der Waals surface area (Å²) >= 11 is 7.51. The van der Waals surface area contributed by atoms with Gasteiger partial charge in [0.15, 0.2) is 0 Å². The van der Waals surface area contributed by atoms with Crippen molar-refractivity contribution in [3.63, 3.8) is 0 Å². The van der Waals surface area contributed by atoms with E-state index in [0.717, 1.165) is 28.0 Å². The number of fused-ring (bicyclic) bond motifs is 1. The van der Waals surface area contributed by atoms with Gasteiger partial charge in [-0.2, -0.15) is 0 Å². The van der Waals surface area contributed by atoms with Gasteiger partial charge in [-0.3, -0.25) is 4.79 Å². The van der Waals surface area contributed by atoms with Crippen molar-refractivity contribution in [2.24, 2.45) is 10.7 Å². The number of ether oxygens (including phenoxy) is 1. The number of carbonyl (C=O) groups excluding carboxylic acids is 1. The van der Waals surface area contributed by atoms with Crippen LogP contribution in [0.4, 0.5) is 5.69 Å². The third-order valence-electron chi connectivity index (χ3n) is 4.30. The largest absolute Gasteiger partial charge is 0.473 e. The van der Waals surface area contributed by atoms with Crippen LogP contribution >= 0.6 is 22.9 Å². The molecular weight excluding hydrogens is 394 g/mol. The Morgan fingerprint density at radius 3 is 2.86 bits per heavy atom. The SMILES string of the molecule is CCC=CCOC1=C(C)Cc2sc(C(N)=O)c(N)c2C(c2cccc(Cl)c2)=N1. The molecule has 0 fully saturated rings. The van der Waals surface area contributed by atoms with E-state index < -0.39 is 5.91 Å². The molecule has 1 aliphatic heterocycles. The minimum atomic E-state index is -0.538. The molecule has 0 spiro atoms. The first-order valence-corrected chi connectivity index (χ1v) is 10.1. The molecule has 1 aromatic carbocycles. The minimum Gasteiger partial charge on any atom is -0.473 e. The Morgan fingerprint density at radius 2 is 2.18 bits per heavy atom. The summed E-state index contributed by atoms with van der Waals surface area (Å²) in [5.74, 6) is 0.0166. The van der Waals surface area contributed by atoms with E-state index in [1.165, 1.54) is 11.3 Å². The van der Waals surface area contributed by atoms with Crippen LogP contribution in [-0.4, -0.2) is 18.2 Å². The van der Waals surface area contributed by atoms with Crippen LogP contribution in [-0.2, 0) is 11.2 Å². The number of anilines is 1. The molecule has 2 aromatic rings. The fourth-order valence-electron chi connectivity index (χ4n) is 2.99. The number of benzene rings is 1. The van der Waals surface area contributed by atoms with Crippen molar-refractivity contribution < 1.29 is 9.53 Å². The number of nitrogen functional groups attached to an aromatic ring is 1. The Kier molecular flexibility index (Phi) is 6.21. The lowest BCUT2D eigenvalue weighted by Gasteiger charge is -2.10. The Balaban J connectivity index is 2.15. The number of thiophene rings is 1. The summed E-state index contributed by atoms with van der Waals surface area (Å²) in [6.07, 6.45) is 5.54. The van der Waals surface area contributed by atoms with E-state index >= 15 is 0 Å². The number of nitrogens with two attached hydrogens (primary N) is 2. The van der Waals surface area contributed by atoms with E-state index in [1.54, 1.807) is 6.07 Å². The molecule has 0 radical (unpaired) electrons. The lowest BCUT2D eigenvalue weighted by molar-refractivity contribution is 0.100. The van der Waals surface area contributed by atoms with Crippen molar-refractivity contribution in [2.75, 3.05) is 12.3 Å². The van der Waals surface area contributed by atoms with Crippen LogP contribution in [0.15, 0.2) is 52.9 Å². The number of allylic oxidation sites excluding steroid dienone is 2. The molecule has 0 unspecified atom stereocenters. The molecule has 7 heteroatoms. The van der Waals surface area contributed by atoms with Crippen molar-refractivity contribution in [3.8, 4) is 0 Å². The predicted octanol–water partition coefficient (Wildman–Crippen LogP) is 4.69. The highest BCUT2D eigenvalue weighted by Gasteiger charge is 2.27. The molecule has 3 rings (SSSR count). The molecule has 1 amide bonds. The number of aliphatic imine (C=N–C) groups is 1. The minimum absolute atomic E-state index is 0.350. The van der Waals surface area contributed by atoms with Gasteiger partial charge in [0.1, 0.15) is 11.5 Å². The molecular formula is C21H22ClN3O2S. The number of halogens is 1. The summed E-state index contributed by atoms with van der Waals surface area (Å²) in [7, 11) is 0. The number of amides is 1. The summed E-state index contributed by atoms with van der Waals surface area (Å²) in [6, 6.07) is 7.37. The second-order valence-corrected chi connectivity index (χ2v) is 7.97. The normalized spacial score (nSPS) is 14.0. The molecule has 0 bridgehead atoms. The standard InChI is InChI=1S/C21H22ClN3O2S/c1-3-4-5-9-27-21-12(2)10-15-16(17(23)19(28-15)20(24)26)18(25-21)13-7-6-8-14(22)11-13/h4-8,11H,3,9-10,23H2,1-2H3,(H2,24,26). The van der Waals surface area contributed by atoms with E-state index in [0.29, 0.717) is 40.2 Å². The molecule has 1 aromatic heterocycles. The number of hydrogen-bond donors (Lipinski definition) is 2. The van der Waals surface area contributed by atoms with Gasteiger partial charge < -0.3 is 16.2 Å². The van der Waals surface area contributed by atoms with Gasteiger partial charge in [-0.1, -0.05) is 42.8 Å². The topological polar surface area (TPSA) is 90.7 Å². The van der Waals surface area contributed by atoms with Crippen molar-refractivity contribution in [3.05, 3.63) is 73.8 Å². The van der Waals surface area contributed by atoms with Crippen molar-refractivity contribution in [1.82, 2.24) is 0 Å². The third kappa shape index (κ3) is 4.13. The van der Waals surface area contributed by atoms with Crippen LogP contribution < -0.4 is 11.5 Å². The first-order valence-electron chi connectivity index (χ1n) is 8.95. The maximum absolute atomic E-state index is 11.8. The molecule has 0 aliphatic carbocycles. The number of hydrogen-bond acceptors (Lipinski definition) is 5. The Morgan fingerprint density at radius 1 is 1.39 bits per heavy atom. The summed E-state index contributed by atoms with van der Waals surface area (Å²) in [5.41, 5.74) is 15.3. The maximum Gasteiger partial charge on any atom is 0.260 e. The molecule has 0 saturated heterocycles. The van der Waals surface area contributed by atoms with Gasteiger partial charge in [-0.25, -0.2) is 4.99 Å². The Bertz CT molecular complexity index is 1010. The van der Waals surface area contributed by atoms with Crippen molar-refractivity contribution >= 4 is 40.2 Å². The van der Waals surface area contributed by atoms with Crippen LogP contribution in [0.25, 0.3) is 0 Å². The number of carbonyl (C=O) groups is 1. The van der Waals surface area contributed by atoms with Crippen LogP contribution in [0.1, 0.15) is 45.9 Å². The molecule has 0 saturated carbocycles. The van der Waals surface area contributed by atoms with Gasteiger partial charge in [-0.05, 0) is 31.1 Å². The van der Waals surface area contributed by atoms with E-state index in [-0.39, 0.29) is 0 Å². The van der Waals surface area contributed by atoms with Crippen LogP contribution in [0.2, 0.25) is 5.02 Å². The van der Waals surface area contributed by atoms with Gasteiger partial charge in [0.2, 0.25) is 5.88 Å². The highest BCUT2D eigenvalue weighted by Crippen LogP contribution is 2.37. The van der Waals surface area contributed by atoms with Gasteiger partial charge in [0, 0.05) is 27.4 Å². The smallest absolute Gasteiger partial charge is 0.260 e. The van der Waals surface area contributed by atoms with Crippen LogP contribution in [0.5, 0.6) is 0 Å². The zero-order chi connectivity index (χ0) is 20.3. The molecule has 0 atom stereocenters. The molecule has 1 aliphatic rings.